The largest absolute Gasteiger partial charge is 0.383 e. The second-order valence-electron chi connectivity index (χ2n) is 5.60. The van der Waals surface area contributed by atoms with Gasteiger partial charge in [0.25, 0.3) is 0 Å². The van der Waals surface area contributed by atoms with Crippen molar-refractivity contribution in [3.05, 3.63) is 22.8 Å². The van der Waals surface area contributed by atoms with Gasteiger partial charge in [-0.25, -0.2) is 4.98 Å². The Morgan fingerprint density at radius 1 is 1.50 bits per heavy atom. The summed E-state index contributed by atoms with van der Waals surface area (Å²) in [5.74, 6) is 0.556. The van der Waals surface area contributed by atoms with Crippen molar-refractivity contribution in [2.24, 2.45) is 0 Å². The van der Waals surface area contributed by atoms with Crippen LogP contribution in [-0.4, -0.2) is 61.6 Å². The molecule has 5 nitrogen and oxygen atoms in total. The Balaban J connectivity index is 2.13. The molecule has 2 heterocycles. The highest BCUT2D eigenvalue weighted by Gasteiger charge is 2.26. The monoisotopic (exact) mass is 297 g/mol. The van der Waals surface area contributed by atoms with E-state index in [2.05, 4.69) is 34.2 Å². The van der Waals surface area contributed by atoms with Crippen molar-refractivity contribution in [2.45, 2.75) is 18.5 Å². The molecule has 3 N–H and O–H groups in total. The molecule has 1 aromatic rings. The van der Waals surface area contributed by atoms with Crippen LogP contribution in [0.15, 0.2) is 12.3 Å². The Morgan fingerprint density at radius 3 is 2.95 bits per heavy atom. The van der Waals surface area contributed by atoms with Crippen molar-refractivity contribution in [3.8, 4) is 0 Å². The highest BCUT2D eigenvalue weighted by atomic mass is 35.5. The van der Waals surface area contributed by atoms with Gasteiger partial charge >= 0.3 is 0 Å². The van der Waals surface area contributed by atoms with E-state index in [1.165, 1.54) is 0 Å². The molecule has 2 rings (SSSR count). The number of rotatable bonds is 4. The summed E-state index contributed by atoms with van der Waals surface area (Å²) in [7, 11) is 6.31. The number of halogens is 1. The van der Waals surface area contributed by atoms with Crippen LogP contribution < -0.4 is 11.1 Å². The van der Waals surface area contributed by atoms with E-state index in [-0.39, 0.29) is 6.04 Å². The molecule has 1 saturated heterocycles. The van der Waals surface area contributed by atoms with Crippen molar-refractivity contribution in [1.29, 1.82) is 0 Å². The lowest BCUT2D eigenvalue weighted by Gasteiger charge is -2.39. The van der Waals surface area contributed by atoms with Gasteiger partial charge in [-0.2, -0.15) is 0 Å². The number of nitrogen functional groups attached to an aromatic ring is 1. The van der Waals surface area contributed by atoms with E-state index >= 15 is 0 Å². The fraction of sp³-hybridized carbons (Fsp3) is 0.643. The molecule has 0 spiro atoms. The van der Waals surface area contributed by atoms with E-state index in [0.29, 0.717) is 16.9 Å². The first-order valence-corrected chi connectivity index (χ1v) is 7.36. The van der Waals surface area contributed by atoms with Gasteiger partial charge in [-0.3, -0.25) is 0 Å². The van der Waals surface area contributed by atoms with Crippen LogP contribution in [0.4, 0.5) is 5.82 Å². The molecule has 6 heteroatoms. The van der Waals surface area contributed by atoms with Gasteiger partial charge in [-0.05, 0) is 33.6 Å². The molecule has 0 aromatic carbocycles. The minimum atomic E-state index is 0.167. The van der Waals surface area contributed by atoms with Crippen LogP contribution >= 0.6 is 11.6 Å². The minimum absolute atomic E-state index is 0.167. The van der Waals surface area contributed by atoms with Crippen molar-refractivity contribution in [1.82, 2.24) is 20.1 Å². The maximum Gasteiger partial charge on any atom is 0.128 e. The summed E-state index contributed by atoms with van der Waals surface area (Å²) >= 11 is 6.05. The summed E-state index contributed by atoms with van der Waals surface area (Å²) in [4.78, 5) is 8.94. The van der Waals surface area contributed by atoms with Crippen LogP contribution in [-0.2, 0) is 0 Å². The maximum atomic E-state index is 6.05. The number of piperazine rings is 1. The lowest BCUT2D eigenvalue weighted by Crippen LogP contribution is -2.50. The zero-order valence-electron chi connectivity index (χ0n) is 12.4. The van der Waals surface area contributed by atoms with Crippen molar-refractivity contribution >= 4 is 17.4 Å². The van der Waals surface area contributed by atoms with Crippen LogP contribution in [0.1, 0.15) is 18.0 Å². The number of pyridine rings is 1. The van der Waals surface area contributed by atoms with Gasteiger partial charge in [0.2, 0.25) is 0 Å². The van der Waals surface area contributed by atoms with Gasteiger partial charge in [0.05, 0.1) is 5.02 Å². The Kier molecular flexibility index (Phi) is 5.21. The molecule has 1 fully saturated rings. The Labute approximate surface area is 126 Å². The van der Waals surface area contributed by atoms with Crippen LogP contribution in [0.2, 0.25) is 5.02 Å². The third kappa shape index (κ3) is 3.61. The molecule has 0 radical (unpaired) electrons. The highest BCUT2D eigenvalue weighted by molar-refractivity contribution is 6.30. The number of anilines is 1. The quantitative estimate of drug-likeness (QED) is 0.875. The predicted octanol–water partition coefficient (Wildman–Crippen LogP) is 1.21. The molecule has 1 aromatic heterocycles. The van der Waals surface area contributed by atoms with Gasteiger partial charge in [0, 0.05) is 43.5 Å². The molecule has 0 saturated carbocycles. The highest BCUT2D eigenvalue weighted by Crippen LogP contribution is 2.27. The Morgan fingerprint density at radius 2 is 2.25 bits per heavy atom. The van der Waals surface area contributed by atoms with E-state index in [1.54, 1.807) is 6.20 Å². The lowest BCUT2D eigenvalue weighted by molar-refractivity contribution is 0.102. The molecule has 0 aliphatic carbocycles. The van der Waals surface area contributed by atoms with E-state index in [0.717, 1.165) is 31.6 Å². The number of nitrogens with two attached hydrogens (primary N) is 1. The molecule has 2 atom stereocenters. The van der Waals surface area contributed by atoms with Crippen LogP contribution in [0.5, 0.6) is 0 Å². The van der Waals surface area contributed by atoms with Gasteiger partial charge in [-0.15, -0.1) is 0 Å². The lowest BCUT2D eigenvalue weighted by atomic mass is 9.97. The fourth-order valence-electron chi connectivity index (χ4n) is 2.77. The number of aromatic nitrogens is 1. The van der Waals surface area contributed by atoms with Gasteiger partial charge in [0.15, 0.2) is 0 Å². The van der Waals surface area contributed by atoms with Crippen LogP contribution in [0.25, 0.3) is 0 Å². The third-order valence-electron chi connectivity index (χ3n) is 4.13. The molecule has 0 amide bonds. The topological polar surface area (TPSA) is 57.4 Å². The zero-order valence-corrected chi connectivity index (χ0v) is 13.2. The first kappa shape index (κ1) is 15.5. The normalized spacial score (nSPS) is 22.9. The first-order chi connectivity index (χ1) is 9.51. The molecule has 2 unspecified atom stereocenters. The second kappa shape index (κ2) is 6.72. The van der Waals surface area contributed by atoms with E-state index < -0.39 is 0 Å². The summed E-state index contributed by atoms with van der Waals surface area (Å²) in [6, 6.07) is 2.59. The smallest absolute Gasteiger partial charge is 0.128 e. The number of hydrogen-bond donors (Lipinski definition) is 2. The van der Waals surface area contributed by atoms with Crippen LogP contribution in [0.3, 0.4) is 0 Å². The molecule has 112 valence electrons. The van der Waals surface area contributed by atoms with Gasteiger partial charge < -0.3 is 20.9 Å². The summed E-state index contributed by atoms with van der Waals surface area (Å²) < 4.78 is 0. The average Bonchev–Trinajstić information content (AvgIpc) is 2.42. The van der Waals surface area contributed by atoms with E-state index in [1.807, 2.05) is 13.1 Å². The Hall–Kier alpha value is -0.880. The Bertz CT molecular complexity index is 453. The van der Waals surface area contributed by atoms with Crippen molar-refractivity contribution < 1.29 is 0 Å². The molecule has 20 heavy (non-hydrogen) atoms. The van der Waals surface area contributed by atoms with Gasteiger partial charge in [0.1, 0.15) is 5.82 Å². The van der Waals surface area contributed by atoms with E-state index in [9.17, 15) is 0 Å². The standard InChI is InChI=1S/C14H24ClN5/c1-17-13(12-6-10(15)8-18-14(12)16)7-11-9-19(2)4-5-20(11)3/h6,8,11,13,17H,4-5,7,9H2,1-3H3,(H2,16,18). The first-order valence-electron chi connectivity index (χ1n) is 6.98. The summed E-state index contributed by atoms with van der Waals surface area (Å²) in [5.41, 5.74) is 6.99. The third-order valence-corrected chi connectivity index (χ3v) is 4.33. The molecule has 0 bridgehead atoms. The number of likely N-dealkylation sites (N-methyl/N-ethyl adjacent to an activating group) is 2. The predicted molar refractivity (Wildman–Crippen MR) is 84.0 cm³/mol. The zero-order chi connectivity index (χ0) is 14.7. The maximum absolute atomic E-state index is 6.05. The van der Waals surface area contributed by atoms with Crippen LogP contribution in [0, 0.1) is 0 Å². The fourth-order valence-corrected chi connectivity index (χ4v) is 2.94. The summed E-state index contributed by atoms with van der Waals surface area (Å²) in [5, 5.41) is 3.97. The SMILES string of the molecule is CNC(CC1CN(C)CCN1C)c1cc(Cl)cnc1N. The summed E-state index contributed by atoms with van der Waals surface area (Å²) in [6.07, 6.45) is 2.58. The average molecular weight is 298 g/mol. The molecular weight excluding hydrogens is 274 g/mol. The van der Waals surface area contributed by atoms with Crippen molar-refractivity contribution in [3.63, 3.8) is 0 Å². The summed E-state index contributed by atoms with van der Waals surface area (Å²) in [6.45, 7) is 3.29. The number of nitrogens with one attached hydrogen (secondary N) is 1. The number of hydrogen-bond acceptors (Lipinski definition) is 5. The van der Waals surface area contributed by atoms with E-state index in [4.69, 9.17) is 17.3 Å². The second-order valence-corrected chi connectivity index (χ2v) is 6.04. The number of nitrogens with zero attached hydrogens (tertiary/aromatic N) is 3. The van der Waals surface area contributed by atoms with Crippen molar-refractivity contribution in [2.75, 3.05) is 46.5 Å². The molecular formula is C14H24ClN5. The van der Waals surface area contributed by atoms with Gasteiger partial charge in [-0.1, -0.05) is 11.6 Å². The minimum Gasteiger partial charge on any atom is -0.383 e. The molecule has 1 aliphatic rings. The molecule has 1 aliphatic heterocycles.